The van der Waals surface area contributed by atoms with Crippen molar-refractivity contribution in [3.63, 3.8) is 0 Å². The minimum absolute atomic E-state index is 0.174. The summed E-state index contributed by atoms with van der Waals surface area (Å²) < 4.78 is 0. The number of nitrogens with one attached hydrogen (secondary N) is 1. The lowest BCUT2D eigenvalue weighted by molar-refractivity contribution is -0.109. The number of hydrogen-bond donors (Lipinski definition) is 2. The number of rotatable bonds is 1. The zero-order chi connectivity index (χ0) is 9.26. The van der Waals surface area contributed by atoms with Crippen LogP contribution in [0.15, 0.2) is 18.2 Å². The SMILES string of the molecule is Nc1ccc2c(c1)C(C=O)NCC2. The molecule has 3 heteroatoms. The van der Waals surface area contributed by atoms with E-state index in [1.807, 2.05) is 18.2 Å². The van der Waals surface area contributed by atoms with Crippen LogP contribution in [0.5, 0.6) is 0 Å². The molecule has 0 aliphatic carbocycles. The zero-order valence-corrected chi connectivity index (χ0v) is 7.29. The van der Waals surface area contributed by atoms with Gasteiger partial charge in [0.2, 0.25) is 0 Å². The molecular formula is C10H12N2O. The third-order valence-corrected chi connectivity index (χ3v) is 2.40. The molecule has 0 amide bonds. The lowest BCUT2D eigenvalue weighted by atomic mass is 9.95. The third kappa shape index (κ3) is 1.42. The van der Waals surface area contributed by atoms with Crippen LogP contribution in [0.3, 0.4) is 0 Å². The Morgan fingerprint density at radius 2 is 2.38 bits per heavy atom. The van der Waals surface area contributed by atoms with Gasteiger partial charge in [-0.2, -0.15) is 0 Å². The lowest BCUT2D eigenvalue weighted by Crippen LogP contribution is -2.30. The number of benzene rings is 1. The van der Waals surface area contributed by atoms with Gasteiger partial charge in [0.1, 0.15) is 6.29 Å². The van der Waals surface area contributed by atoms with Crippen LogP contribution < -0.4 is 11.1 Å². The molecule has 68 valence electrons. The number of anilines is 1. The molecule has 0 spiro atoms. The molecule has 1 unspecified atom stereocenters. The highest BCUT2D eigenvalue weighted by Gasteiger charge is 2.18. The Hall–Kier alpha value is -1.35. The van der Waals surface area contributed by atoms with Crippen LogP contribution in [0, 0.1) is 0 Å². The van der Waals surface area contributed by atoms with E-state index in [1.54, 1.807) is 0 Å². The highest BCUT2D eigenvalue weighted by molar-refractivity contribution is 5.65. The molecule has 3 N–H and O–H groups in total. The number of carbonyl (C=O) groups excluding carboxylic acids is 1. The molecule has 0 bridgehead atoms. The second kappa shape index (κ2) is 3.18. The Balaban J connectivity index is 2.47. The predicted molar refractivity (Wildman–Crippen MR) is 51.4 cm³/mol. The van der Waals surface area contributed by atoms with Crippen molar-refractivity contribution >= 4 is 12.0 Å². The average Bonchev–Trinajstić information content (AvgIpc) is 2.17. The summed E-state index contributed by atoms with van der Waals surface area (Å²) in [5, 5.41) is 3.13. The number of hydrogen-bond acceptors (Lipinski definition) is 3. The standard InChI is InChI=1S/C10H12N2O/c11-8-2-1-7-3-4-12-10(6-13)9(7)5-8/h1-2,5-6,10,12H,3-4,11H2. The minimum atomic E-state index is -0.174. The van der Waals surface area contributed by atoms with Crippen molar-refractivity contribution in [1.82, 2.24) is 5.32 Å². The summed E-state index contributed by atoms with van der Waals surface area (Å²) in [6.07, 6.45) is 1.90. The van der Waals surface area contributed by atoms with E-state index in [4.69, 9.17) is 5.73 Å². The molecule has 3 nitrogen and oxygen atoms in total. The quantitative estimate of drug-likeness (QED) is 0.488. The molecular weight excluding hydrogens is 164 g/mol. The fourth-order valence-electron chi connectivity index (χ4n) is 1.72. The van der Waals surface area contributed by atoms with Crippen molar-refractivity contribution in [2.24, 2.45) is 0 Å². The molecule has 0 aromatic heterocycles. The van der Waals surface area contributed by atoms with Gasteiger partial charge in [-0.05, 0) is 29.7 Å². The Morgan fingerprint density at radius 3 is 3.15 bits per heavy atom. The summed E-state index contributed by atoms with van der Waals surface area (Å²) in [6, 6.07) is 5.58. The van der Waals surface area contributed by atoms with E-state index in [-0.39, 0.29) is 6.04 Å². The molecule has 1 aromatic rings. The van der Waals surface area contributed by atoms with E-state index in [2.05, 4.69) is 5.32 Å². The number of fused-ring (bicyclic) bond motifs is 1. The van der Waals surface area contributed by atoms with E-state index in [0.717, 1.165) is 24.8 Å². The number of aldehydes is 1. The maximum absolute atomic E-state index is 10.7. The van der Waals surface area contributed by atoms with Crippen molar-refractivity contribution in [2.75, 3.05) is 12.3 Å². The molecule has 0 saturated heterocycles. The normalized spacial score (nSPS) is 20.8. The fraction of sp³-hybridized carbons (Fsp3) is 0.300. The molecule has 1 atom stereocenters. The number of carbonyl (C=O) groups is 1. The molecule has 1 aromatic carbocycles. The number of nitrogens with two attached hydrogens (primary N) is 1. The van der Waals surface area contributed by atoms with Gasteiger partial charge >= 0.3 is 0 Å². The maximum atomic E-state index is 10.7. The van der Waals surface area contributed by atoms with Crippen molar-refractivity contribution in [3.8, 4) is 0 Å². The first-order valence-electron chi connectivity index (χ1n) is 4.38. The molecule has 13 heavy (non-hydrogen) atoms. The Bertz CT molecular complexity index is 336. The molecule has 2 rings (SSSR count). The van der Waals surface area contributed by atoms with Gasteiger partial charge in [-0.1, -0.05) is 6.07 Å². The Labute approximate surface area is 76.9 Å². The first-order valence-corrected chi connectivity index (χ1v) is 4.38. The van der Waals surface area contributed by atoms with Crippen molar-refractivity contribution in [1.29, 1.82) is 0 Å². The van der Waals surface area contributed by atoms with Crippen molar-refractivity contribution < 1.29 is 4.79 Å². The molecule has 0 saturated carbocycles. The van der Waals surface area contributed by atoms with Crippen molar-refractivity contribution in [2.45, 2.75) is 12.5 Å². The highest BCUT2D eigenvalue weighted by atomic mass is 16.1. The molecule has 1 aliphatic heterocycles. The largest absolute Gasteiger partial charge is 0.399 e. The summed E-state index contributed by atoms with van der Waals surface area (Å²) in [6.45, 7) is 0.861. The summed E-state index contributed by atoms with van der Waals surface area (Å²) in [5.74, 6) is 0. The summed E-state index contributed by atoms with van der Waals surface area (Å²) in [7, 11) is 0. The summed E-state index contributed by atoms with van der Waals surface area (Å²) >= 11 is 0. The topological polar surface area (TPSA) is 55.1 Å². The summed E-state index contributed by atoms with van der Waals surface area (Å²) in [4.78, 5) is 10.7. The maximum Gasteiger partial charge on any atom is 0.141 e. The molecule has 0 fully saturated rings. The Kier molecular flexibility index (Phi) is 2.02. The van der Waals surface area contributed by atoms with Crippen LogP contribution >= 0.6 is 0 Å². The van der Waals surface area contributed by atoms with E-state index in [9.17, 15) is 4.79 Å². The molecule has 1 heterocycles. The van der Waals surface area contributed by atoms with Gasteiger partial charge < -0.3 is 15.8 Å². The van der Waals surface area contributed by atoms with Gasteiger partial charge in [0.05, 0.1) is 6.04 Å². The van der Waals surface area contributed by atoms with Crippen molar-refractivity contribution in [3.05, 3.63) is 29.3 Å². The van der Waals surface area contributed by atoms with Crippen LogP contribution in [-0.4, -0.2) is 12.8 Å². The number of nitrogen functional groups attached to an aromatic ring is 1. The van der Waals surface area contributed by atoms with Gasteiger partial charge in [0.25, 0.3) is 0 Å². The first kappa shape index (κ1) is 8.26. The van der Waals surface area contributed by atoms with E-state index >= 15 is 0 Å². The predicted octanol–water partition coefficient (Wildman–Crippen LogP) is 0.654. The van der Waals surface area contributed by atoms with Gasteiger partial charge in [0, 0.05) is 12.2 Å². The first-order chi connectivity index (χ1) is 6.31. The van der Waals surface area contributed by atoms with E-state index in [1.165, 1.54) is 5.56 Å². The van der Waals surface area contributed by atoms with Gasteiger partial charge in [-0.3, -0.25) is 0 Å². The van der Waals surface area contributed by atoms with Crippen LogP contribution in [0.1, 0.15) is 17.2 Å². The average molecular weight is 176 g/mol. The fourth-order valence-corrected chi connectivity index (χ4v) is 1.72. The molecule has 0 radical (unpaired) electrons. The van der Waals surface area contributed by atoms with Crippen LogP contribution in [-0.2, 0) is 11.2 Å². The monoisotopic (exact) mass is 176 g/mol. The molecule has 1 aliphatic rings. The van der Waals surface area contributed by atoms with Crippen LogP contribution in [0.4, 0.5) is 5.69 Å². The Morgan fingerprint density at radius 1 is 1.54 bits per heavy atom. The van der Waals surface area contributed by atoms with Gasteiger partial charge in [-0.15, -0.1) is 0 Å². The van der Waals surface area contributed by atoms with Gasteiger partial charge in [-0.25, -0.2) is 0 Å². The third-order valence-electron chi connectivity index (χ3n) is 2.40. The van der Waals surface area contributed by atoms with E-state index < -0.39 is 0 Å². The van der Waals surface area contributed by atoms with Gasteiger partial charge in [0.15, 0.2) is 0 Å². The highest BCUT2D eigenvalue weighted by Crippen LogP contribution is 2.23. The van der Waals surface area contributed by atoms with E-state index in [0.29, 0.717) is 5.69 Å². The van der Waals surface area contributed by atoms with Crippen LogP contribution in [0.25, 0.3) is 0 Å². The second-order valence-electron chi connectivity index (χ2n) is 3.28. The zero-order valence-electron chi connectivity index (χ0n) is 7.29. The second-order valence-corrected chi connectivity index (χ2v) is 3.28. The van der Waals surface area contributed by atoms with Crippen LogP contribution in [0.2, 0.25) is 0 Å². The minimum Gasteiger partial charge on any atom is -0.399 e. The summed E-state index contributed by atoms with van der Waals surface area (Å²) in [5.41, 5.74) is 8.63. The lowest BCUT2D eigenvalue weighted by Gasteiger charge is -2.22. The smallest absolute Gasteiger partial charge is 0.141 e.